The van der Waals surface area contributed by atoms with Gasteiger partial charge < -0.3 is 19.7 Å². The molecule has 1 amide bonds. The van der Waals surface area contributed by atoms with Crippen molar-refractivity contribution in [1.29, 1.82) is 0 Å². The van der Waals surface area contributed by atoms with Crippen LogP contribution in [-0.4, -0.2) is 46.8 Å². The summed E-state index contributed by atoms with van der Waals surface area (Å²) < 4.78 is 12.0. The van der Waals surface area contributed by atoms with Gasteiger partial charge in [-0.3, -0.25) is 4.79 Å². The third kappa shape index (κ3) is 4.03. The molecule has 0 bridgehead atoms. The van der Waals surface area contributed by atoms with Gasteiger partial charge in [0, 0.05) is 13.5 Å². The summed E-state index contributed by atoms with van der Waals surface area (Å²) in [6.45, 7) is 9.41. The zero-order chi connectivity index (χ0) is 18.1. The van der Waals surface area contributed by atoms with Crippen molar-refractivity contribution in [2.75, 3.05) is 6.54 Å². The van der Waals surface area contributed by atoms with E-state index in [0.717, 1.165) is 11.3 Å². The van der Waals surface area contributed by atoms with Gasteiger partial charge >= 0.3 is 13.1 Å². The predicted octanol–water partition coefficient (Wildman–Crippen LogP) is 1.99. The number of hydrogen-bond donors (Lipinski definition) is 2. The molecule has 1 aromatic heterocycles. The van der Waals surface area contributed by atoms with Gasteiger partial charge in [0.05, 0.1) is 17.4 Å². The number of thiazole rings is 1. The molecule has 1 fully saturated rings. The van der Waals surface area contributed by atoms with Gasteiger partial charge in [-0.05, 0) is 39.2 Å². The maximum atomic E-state index is 11.3. The van der Waals surface area contributed by atoms with Crippen LogP contribution < -0.4 is 5.32 Å². The van der Waals surface area contributed by atoms with Crippen LogP contribution in [0, 0.1) is 0 Å². The van der Waals surface area contributed by atoms with Crippen LogP contribution in [0.3, 0.4) is 0 Å². The molecule has 0 saturated carbocycles. The predicted molar refractivity (Wildman–Crippen MR) is 91.8 cm³/mol. The molecule has 1 aliphatic heterocycles. The minimum Gasteiger partial charge on any atom is -0.477 e. The second-order valence-electron chi connectivity index (χ2n) is 6.59. The van der Waals surface area contributed by atoms with Crippen molar-refractivity contribution in [3.63, 3.8) is 0 Å². The molecule has 1 aromatic rings. The molecule has 7 nitrogen and oxygen atoms in total. The minimum absolute atomic E-state index is 0.147. The summed E-state index contributed by atoms with van der Waals surface area (Å²) in [4.78, 5) is 26.5. The Morgan fingerprint density at radius 2 is 1.92 bits per heavy atom. The number of carbonyl (C=O) groups excluding carboxylic acids is 1. The Bertz CT molecular complexity index is 667. The molecule has 0 unspecified atom stereocenters. The zero-order valence-corrected chi connectivity index (χ0v) is 15.2. The van der Waals surface area contributed by atoms with Crippen molar-refractivity contribution in [3.05, 3.63) is 21.6 Å². The summed E-state index contributed by atoms with van der Waals surface area (Å²) >= 11 is 1.05. The number of carboxylic acids is 1. The monoisotopic (exact) mass is 352 g/mol. The second kappa shape index (κ2) is 6.66. The molecule has 0 spiro atoms. The van der Waals surface area contributed by atoms with E-state index >= 15 is 0 Å². The maximum absolute atomic E-state index is 11.3. The van der Waals surface area contributed by atoms with E-state index in [1.807, 2.05) is 27.7 Å². The normalized spacial score (nSPS) is 19.4. The molecule has 130 valence electrons. The first-order valence-corrected chi connectivity index (χ1v) is 8.33. The summed E-state index contributed by atoms with van der Waals surface area (Å²) in [6, 6.07) is 0. The Hall–Kier alpha value is -1.71. The lowest BCUT2D eigenvalue weighted by Gasteiger charge is -2.32. The molecule has 2 N–H and O–H groups in total. The third-order valence-corrected chi connectivity index (χ3v) is 5.07. The molecular formula is C15H21BN2O5S. The average molecular weight is 352 g/mol. The van der Waals surface area contributed by atoms with Gasteiger partial charge in [0.2, 0.25) is 5.91 Å². The zero-order valence-electron chi connectivity index (χ0n) is 14.4. The molecule has 1 aliphatic rings. The van der Waals surface area contributed by atoms with Crippen LogP contribution in [-0.2, 0) is 14.1 Å². The number of hydrogen-bond acceptors (Lipinski definition) is 6. The average Bonchev–Trinajstić information content (AvgIpc) is 2.97. The van der Waals surface area contributed by atoms with Gasteiger partial charge in [-0.15, -0.1) is 11.3 Å². The van der Waals surface area contributed by atoms with Gasteiger partial charge in [-0.25, -0.2) is 9.78 Å². The van der Waals surface area contributed by atoms with Crippen molar-refractivity contribution in [2.24, 2.45) is 0 Å². The highest BCUT2D eigenvalue weighted by molar-refractivity contribution is 7.14. The fourth-order valence-electron chi connectivity index (χ4n) is 2.04. The molecule has 0 aromatic carbocycles. The Balaban J connectivity index is 2.29. The first-order chi connectivity index (χ1) is 11.0. The topological polar surface area (TPSA) is 97.8 Å². The van der Waals surface area contributed by atoms with E-state index in [1.165, 1.54) is 13.1 Å². The summed E-state index contributed by atoms with van der Waals surface area (Å²) in [5.41, 5.74) is -0.348. The van der Waals surface area contributed by atoms with Crippen LogP contribution in [0.1, 0.15) is 49.3 Å². The van der Waals surface area contributed by atoms with Crippen LogP contribution in [0.15, 0.2) is 11.7 Å². The van der Waals surface area contributed by atoms with E-state index < -0.39 is 24.3 Å². The Kier molecular flexibility index (Phi) is 5.17. The van der Waals surface area contributed by atoms with Gasteiger partial charge in [-0.2, -0.15) is 0 Å². The largest absolute Gasteiger partial charge is 0.492 e. The van der Waals surface area contributed by atoms with Crippen molar-refractivity contribution in [3.8, 4) is 0 Å². The van der Waals surface area contributed by atoms with Crippen LogP contribution in [0.4, 0.5) is 0 Å². The molecule has 0 atom stereocenters. The fourth-order valence-corrected chi connectivity index (χ4v) is 2.77. The Morgan fingerprint density at radius 1 is 1.33 bits per heavy atom. The summed E-state index contributed by atoms with van der Waals surface area (Å²) in [6.07, 6.45) is 3.01. The summed E-state index contributed by atoms with van der Waals surface area (Å²) in [5.74, 6) is -1.20. The van der Waals surface area contributed by atoms with E-state index in [-0.39, 0.29) is 17.3 Å². The first-order valence-electron chi connectivity index (χ1n) is 7.51. The number of carbonyl (C=O) groups is 2. The highest BCUT2D eigenvalue weighted by atomic mass is 32.1. The Morgan fingerprint density at radius 3 is 2.38 bits per heavy atom. The van der Waals surface area contributed by atoms with Gasteiger partial charge in [-0.1, -0.05) is 0 Å². The van der Waals surface area contributed by atoms with E-state index in [4.69, 9.17) is 14.4 Å². The van der Waals surface area contributed by atoms with Crippen molar-refractivity contribution < 1.29 is 24.0 Å². The molecule has 2 rings (SSSR count). The highest BCUT2D eigenvalue weighted by Crippen LogP contribution is 2.38. The summed E-state index contributed by atoms with van der Waals surface area (Å²) in [7, 11) is -0.640. The standard InChI is InChI=1S/C15H21BN2O5S/c1-9(19)17-7-10(6-12-18-8-11(24-12)13(20)21)16-22-14(2,3)15(4,5)23-16/h6,8H,7H2,1-5H3,(H,17,19)(H,20,21). The number of aromatic carboxylic acids is 1. The Labute approximate surface area is 145 Å². The SMILES string of the molecule is CC(=O)NCC(=Cc1ncc(C(=O)O)s1)B1OC(C)(C)C(C)(C)O1. The molecule has 24 heavy (non-hydrogen) atoms. The molecular weight excluding hydrogens is 331 g/mol. The first kappa shape index (κ1) is 18.6. The second-order valence-corrected chi connectivity index (χ2v) is 7.65. The highest BCUT2D eigenvalue weighted by Gasteiger charge is 2.52. The number of amides is 1. The molecule has 0 aliphatic carbocycles. The van der Waals surface area contributed by atoms with Gasteiger partial charge in [0.25, 0.3) is 0 Å². The van der Waals surface area contributed by atoms with E-state index in [1.54, 1.807) is 6.08 Å². The minimum atomic E-state index is -1.02. The lowest BCUT2D eigenvalue weighted by molar-refractivity contribution is -0.118. The molecule has 2 heterocycles. The van der Waals surface area contributed by atoms with E-state index in [2.05, 4.69) is 10.3 Å². The number of nitrogens with one attached hydrogen (secondary N) is 1. The molecule has 0 radical (unpaired) electrons. The van der Waals surface area contributed by atoms with Gasteiger partial charge in [0.1, 0.15) is 9.88 Å². The number of nitrogens with zero attached hydrogens (tertiary/aromatic N) is 1. The van der Waals surface area contributed by atoms with Crippen molar-refractivity contribution in [2.45, 2.75) is 45.8 Å². The molecule has 9 heteroatoms. The van der Waals surface area contributed by atoms with Crippen LogP contribution in [0.5, 0.6) is 0 Å². The lowest BCUT2D eigenvalue weighted by atomic mass is 9.77. The van der Waals surface area contributed by atoms with E-state index in [9.17, 15) is 9.59 Å². The summed E-state index contributed by atoms with van der Waals surface area (Å²) in [5, 5.41) is 12.2. The maximum Gasteiger partial charge on any atom is 0.492 e. The van der Waals surface area contributed by atoms with Crippen LogP contribution in [0.25, 0.3) is 6.08 Å². The number of aromatic nitrogens is 1. The quantitative estimate of drug-likeness (QED) is 0.787. The van der Waals surface area contributed by atoms with Crippen LogP contribution >= 0.6 is 11.3 Å². The number of rotatable bonds is 5. The van der Waals surface area contributed by atoms with E-state index in [0.29, 0.717) is 10.5 Å². The van der Waals surface area contributed by atoms with Gasteiger partial charge in [0.15, 0.2) is 0 Å². The number of carboxylic acid groups (broad SMARTS) is 1. The van der Waals surface area contributed by atoms with Crippen molar-refractivity contribution >= 4 is 36.4 Å². The molecule has 1 saturated heterocycles. The van der Waals surface area contributed by atoms with Crippen molar-refractivity contribution in [1.82, 2.24) is 10.3 Å². The third-order valence-electron chi connectivity index (χ3n) is 4.14. The lowest BCUT2D eigenvalue weighted by Crippen LogP contribution is -2.41. The smallest absolute Gasteiger partial charge is 0.477 e. The van der Waals surface area contributed by atoms with Crippen LogP contribution in [0.2, 0.25) is 0 Å². The fraction of sp³-hybridized carbons (Fsp3) is 0.533.